The lowest BCUT2D eigenvalue weighted by molar-refractivity contribution is 0.580. The summed E-state index contributed by atoms with van der Waals surface area (Å²) in [5.41, 5.74) is 2.66. The zero-order valence-corrected chi connectivity index (χ0v) is 7.96. The largest absolute Gasteiger partial charge is 0.364 e. The second kappa shape index (κ2) is 4.10. The molecule has 2 rings (SSSR count). The summed E-state index contributed by atoms with van der Waals surface area (Å²) in [5, 5.41) is 4.86. The monoisotopic (exact) mass is 210 g/mol. The average Bonchev–Trinajstić information content (AvgIpc) is 2.67. The molecule has 4 nitrogen and oxygen atoms in total. The fraction of sp³-hybridized carbons (Fsp3) is 0.125. The van der Waals surface area contributed by atoms with Crippen molar-refractivity contribution in [1.82, 2.24) is 15.0 Å². The van der Waals surface area contributed by atoms with Gasteiger partial charge in [-0.1, -0.05) is 0 Å². The van der Waals surface area contributed by atoms with Gasteiger partial charge in [-0.05, 0) is 0 Å². The van der Waals surface area contributed by atoms with E-state index in [2.05, 4.69) is 20.3 Å². The van der Waals surface area contributed by atoms with Crippen LogP contribution in [-0.2, 0) is 6.54 Å². The highest BCUT2D eigenvalue weighted by Crippen LogP contribution is 2.06. The van der Waals surface area contributed by atoms with Crippen molar-refractivity contribution in [2.75, 3.05) is 5.32 Å². The normalized spacial score (nSPS) is 10.1. The lowest BCUT2D eigenvalue weighted by Gasteiger charge is -2.01. The molecule has 0 aromatic carbocycles. The van der Waals surface area contributed by atoms with E-state index in [-0.39, 0.29) is 0 Å². The molecule has 72 valence electrons. The Balaban J connectivity index is 1.98. The minimum atomic E-state index is -0.541. The van der Waals surface area contributed by atoms with Crippen LogP contribution in [-0.4, -0.2) is 15.0 Å². The fourth-order valence-corrected chi connectivity index (χ4v) is 1.49. The number of thiazole rings is 1. The Hall–Kier alpha value is -1.56. The van der Waals surface area contributed by atoms with Gasteiger partial charge in [0.1, 0.15) is 12.1 Å². The van der Waals surface area contributed by atoms with E-state index >= 15 is 0 Å². The molecule has 0 bridgehead atoms. The summed E-state index contributed by atoms with van der Waals surface area (Å²) < 4.78 is 12.6. The van der Waals surface area contributed by atoms with E-state index in [1.165, 1.54) is 23.7 Å². The number of rotatable bonds is 3. The molecule has 0 aliphatic carbocycles. The molecule has 0 radical (unpaired) electrons. The Morgan fingerprint density at radius 1 is 1.36 bits per heavy atom. The number of hydrogen-bond acceptors (Lipinski definition) is 5. The van der Waals surface area contributed by atoms with E-state index in [1.807, 2.05) is 5.38 Å². The van der Waals surface area contributed by atoms with Gasteiger partial charge in [0.2, 0.25) is 5.95 Å². The first-order valence-electron chi connectivity index (χ1n) is 3.93. The molecule has 0 saturated heterocycles. The average molecular weight is 210 g/mol. The molecule has 6 heteroatoms. The maximum absolute atomic E-state index is 12.6. The Bertz CT molecular complexity index is 403. The molecule has 0 spiro atoms. The Kier molecular flexibility index (Phi) is 2.64. The predicted octanol–water partition coefficient (Wildman–Crippen LogP) is 1.68. The molecule has 0 unspecified atom stereocenters. The number of hydrogen-bond donors (Lipinski definition) is 1. The predicted molar refractivity (Wildman–Crippen MR) is 51.4 cm³/mol. The first kappa shape index (κ1) is 9.01. The molecule has 0 aliphatic heterocycles. The van der Waals surface area contributed by atoms with Gasteiger partial charge in [-0.2, -0.15) is 4.39 Å². The standard InChI is InChI=1S/C8H7FN4S/c9-7-1-8(12-4-11-7)10-2-6-3-14-5-13-6/h1,3-5H,2H2,(H,10,11,12). The van der Waals surface area contributed by atoms with Crippen LogP contribution in [0.5, 0.6) is 0 Å². The molecule has 0 saturated carbocycles. The molecule has 0 fully saturated rings. The third-order valence-electron chi connectivity index (χ3n) is 1.57. The molecule has 2 aromatic rings. The minimum absolute atomic E-state index is 0.463. The summed E-state index contributed by atoms with van der Waals surface area (Å²) in [6, 6.07) is 1.24. The van der Waals surface area contributed by atoms with Crippen LogP contribution in [0.4, 0.5) is 10.2 Å². The van der Waals surface area contributed by atoms with Crippen molar-refractivity contribution >= 4 is 17.2 Å². The van der Waals surface area contributed by atoms with Gasteiger partial charge < -0.3 is 5.32 Å². The number of halogens is 1. The quantitative estimate of drug-likeness (QED) is 0.783. The van der Waals surface area contributed by atoms with Crippen molar-refractivity contribution in [3.05, 3.63) is 34.9 Å². The highest BCUT2D eigenvalue weighted by molar-refractivity contribution is 7.07. The summed E-state index contributed by atoms with van der Waals surface area (Å²) in [5.74, 6) is -0.0775. The van der Waals surface area contributed by atoms with Crippen LogP contribution in [0, 0.1) is 5.95 Å². The topological polar surface area (TPSA) is 50.7 Å². The van der Waals surface area contributed by atoms with Crippen molar-refractivity contribution in [3.63, 3.8) is 0 Å². The smallest absolute Gasteiger partial charge is 0.217 e. The zero-order valence-electron chi connectivity index (χ0n) is 7.14. The maximum atomic E-state index is 12.6. The van der Waals surface area contributed by atoms with Crippen LogP contribution in [0.1, 0.15) is 5.69 Å². The van der Waals surface area contributed by atoms with Gasteiger partial charge in [0.15, 0.2) is 0 Å². The minimum Gasteiger partial charge on any atom is -0.364 e. The Morgan fingerprint density at radius 3 is 3.00 bits per heavy atom. The first-order chi connectivity index (χ1) is 6.84. The van der Waals surface area contributed by atoms with Gasteiger partial charge in [0, 0.05) is 11.4 Å². The molecule has 0 aliphatic rings. The molecule has 0 atom stereocenters. The van der Waals surface area contributed by atoms with Gasteiger partial charge >= 0.3 is 0 Å². The van der Waals surface area contributed by atoms with E-state index in [9.17, 15) is 4.39 Å². The van der Waals surface area contributed by atoms with Crippen LogP contribution >= 0.6 is 11.3 Å². The molecular formula is C8H7FN4S. The molecule has 0 amide bonds. The van der Waals surface area contributed by atoms with Crippen molar-refractivity contribution in [3.8, 4) is 0 Å². The first-order valence-corrected chi connectivity index (χ1v) is 4.87. The lowest BCUT2D eigenvalue weighted by Crippen LogP contribution is -2.02. The third-order valence-corrected chi connectivity index (χ3v) is 2.20. The summed E-state index contributed by atoms with van der Waals surface area (Å²) in [4.78, 5) is 11.3. The second-order valence-corrected chi connectivity index (χ2v) is 3.28. The van der Waals surface area contributed by atoms with E-state index in [0.717, 1.165) is 5.69 Å². The van der Waals surface area contributed by atoms with Crippen molar-refractivity contribution < 1.29 is 4.39 Å². The third kappa shape index (κ3) is 2.23. The lowest BCUT2D eigenvalue weighted by atomic mass is 10.4. The summed E-state index contributed by atoms with van der Waals surface area (Å²) in [6.07, 6.45) is 1.18. The number of nitrogens with zero attached hydrogens (tertiary/aromatic N) is 3. The Labute approximate surface area is 83.9 Å². The number of nitrogens with one attached hydrogen (secondary N) is 1. The second-order valence-electron chi connectivity index (χ2n) is 2.56. The van der Waals surface area contributed by atoms with Gasteiger partial charge in [-0.15, -0.1) is 11.3 Å². The fourth-order valence-electron chi connectivity index (χ4n) is 0.936. The van der Waals surface area contributed by atoms with E-state index in [1.54, 1.807) is 5.51 Å². The number of aromatic nitrogens is 3. The molecule has 14 heavy (non-hydrogen) atoms. The summed E-state index contributed by atoms with van der Waals surface area (Å²) in [6.45, 7) is 0.542. The Morgan fingerprint density at radius 2 is 2.29 bits per heavy atom. The number of anilines is 1. The van der Waals surface area contributed by atoms with Gasteiger partial charge in [0.25, 0.3) is 0 Å². The highest BCUT2D eigenvalue weighted by Gasteiger charge is 1.98. The van der Waals surface area contributed by atoms with Crippen molar-refractivity contribution in [2.24, 2.45) is 0 Å². The van der Waals surface area contributed by atoms with Crippen LogP contribution < -0.4 is 5.32 Å². The molecule has 1 N–H and O–H groups in total. The molecular weight excluding hydrogens is 203 g/mol. The highest BCUT2D eigenvalue weighted by atomic mass is 32.1. The van der Waals surface area contributed by atoms with Crippen LogP contribution in [0.25, 0.3) is 0 Å². The van der Waals surface area contributed by atoms with Gasteiger partial charge in [0.05, 0.1) is 17.7 Å². The van der Waals surface area contributed by atoms with Crippen molar-refractivity contribution in [2.45, 2.75) is 6.54 Å². The van der Waals surface area contributed by atoms with Crippen LogP contribution in [0.15, 0.2) is 23.3 Å². The SMILES string of the molecule is Fc1cc(NCc2cscn2)ncn1. The summed E-state index contributed by atoms with van der Waals surface area (Å²) >= 11 is 1.52. The van der Waals surface area contributed by atoms with Crippen molar-refractivity contribution in [1.29, 1.82) is 0 Å². The van der Waals surface area contributed by atoms with E-state index < -0.39 is 5.95 Å². The van der Waals surface area contributed by atoms with Gasteiger partial charge in [-0.25, -0.2) is 15.0 Å². The maximum Gasteiger partial charge on any atom is 0.217 e. The molecule has 2 aromatic heterocycles. The van der Waals surface area contributed by atoms with E-state index in [0.29, 0.717) is 12.4 Å². The summed E-state index contributed by atoms with van der Waals surface area (Å²) in [7, 11) is 0. The van der Waals surface area contributed by atoms with Gasteiger partial charge in [-0.3, -0.25) is 0 Å². The zero-order chi connectivity index (χ0) is 9.80. The van der Waals surface area contributed by atoms with Crippen LogP contribution in [0.2, 0.25) is 0 Å². The van der Waals surface area contributed by atoms with E-state index in [4.69, 9.17) is 0 Å². The van der Waals surface area contributed by atoms with Crippen LogP contribution in [0.3, 0.4) is 0 Å². The molecule has 2 heterocycles.